The molecule has 0 spiro atoms. The van der Waals surface area contributed by atoms with E-state index in [1.54, 1.807) is 6.07 Å². The van der Waals surface area contributed by atoms with Crippen LogP contribution in [0, 0.1) is 0 Å². The second kappa shape index (κ2) is 6.46. The molecule has 0 radical (unpaired) electrons. The number of nitrogens with one attached hydrogen (secondary N) is 1. The van der Waals surface area contributed by atoms with Crippen LogP contribution < -0.4 is 10.1 Å². The SMILES string of the molecule is COc1cc(CCC(=O)Nc2ccc(C(F)(F)F)nc2)on1. The molecule has 0 aliphatic heterocycles. The highest BCUT2D eigenvalue weighted by Crippen LogP contribution is 2.27. The number of carbonyl (C=O) groups excluding carboxylic acids is 1. The van der Waals surface area contributed by atoms with E-state index in [1.165, 1.54) is 7.11 Å². The summed E-state index contributed by atoms with van der Waals surface area (Å²) in [4.78, 5) is 14.9. The number of amides is 1. The van der Waals surface area contributed by atoms with Crippen molar-refractivity contribution in [1.29, 1.82) is 0 Å². The fourth-order valence-electron chi connectivity index (χ4n) is 1.60. The maximum atomic E-state index is 12.3. The topological polar surface area (TPSA) is 77.2 Å². The Morgan fingerprint density at radius 3 is 2.73 bits per heavy atom. The van der Waals surface area contributed by atoms with Crippen molar-refractivity contribution in [2.24, 2.45) is 0 Å². The summed E-state index contributed by atoms with van der Waals surface area (Å²) in [6.45, 7) is 0. The monoisotopic (exact) mass is 315 g/mol. The number of methoxy groups -OCH3 is 1. The van der Waals surface area contributed by atoms with Gasteiger partial charge >= 0.3 is 6.18 Å². The van der Waals surface area contributed by atoms with Gasteiger partial charge in [-0.3, -0.25) is 4.79 Å². The number of halogens is 3. The van der Waals surface area contributed by atoms with Crippen LogP contribution in [-0.4, -0.2) is 23.2 Å². The molecule has 0 bridgehead atoms. The van der Waals surface area contributed by atoms with Crippen molar-refractivity contribution in [3.63, 3.8) is 0 Å². The number of nitrogens with zero attached hydrogens (tertiary/aromatic N) is 2. The van der Waals surface area contributed by atoms with Gasteiger partial charge in [-0.2, -0.15) is 13.2 Å². The lowest BCUT2D eigenvalue weighted by atomic mass is 10.2. The molecule has 22 heavy (non-hydrogen) atoms. The summed E-state index contributed by atoms with van der Waals surface area (Å²) in [6.07, 6.45) is -3.18. The molecular formula is C13H12F3N3O3. The fraction of sp³-hybridized carbons (Fsp3) is 0.308. The van der Waals surface area contributed by atoms with Crippen LogP contribution >= 0.6 is 0 Å². The largest absolute Gasteiger partial charge is 0.479 e. The van der Waals surface area contributed by atoms with Crippen molar-refractivity contribution >= 4 is 11.6 Å². The van der Waals surface area contributed by atoms with Crippen LogP contribution in [0.15, 0.2) is 28.9 Å². The van der Waals surface area contributed by atoms with Crippen molar-refractivity contribution in [3.8, 4) is 5.88 Å². The molecule has 6 nitrogen and oxygen atoms in total. The number of anilines is 1. The van der Waals surface area contributed by atoms with Gasteiger partial charge in [0.2, 0.25) is 5.91 Å². The summed E-state index contributed by atoms with van der Waals surface area (Å²) >= 11 is 0. The molecular weight excluding hydrogens is 303 g/mol. The lowest BCUT2D eigenvalue weighted by Crippen LogP contribution is -2.13. The Morgan fingerprint density at radius 2 is 2.18 bits per heavy atom. The van der Waals surface area contributed by atoms with Gasteiger partial charge in [0.1, 0.15) is 11.5 Å². The summed E-state index contributed by atoms with van der Waals surface area (Å²) in [5.74, 6) is 0.400. The molecule has 118 valence electrons. The van der Waals surface area contributed by atoms with E-state index < -0.39 is 11.9 Å². The van der Waals surface area contributed by atoms with Gasteiger partial charge < -0.3 is 14.6 Å². The second-order valence-corrected chi connectivity index (χ2v) is 4.31. The zero-order valence-electron chi connectivity index (χ0n) is 11.5. The Bertz CT molecular complexity index is 638. The molecule has 0 fully saturated rings. The number of alkyl halides is 3. The molecule has 2 rings (SSSR count). The van der Waals surface area contributed by atoms with Crippen LogP contribution in [0.5, 0.6) is 5.88 Å². The number of pyridine rings is 1. The Morgan fingerprint density at radius 1 is 1.41 bits per heavy atom. The minimum absolute atomic E-state index is 0.0827. The number of aryl methyl sites for hydroxylation is 1. The highest BCUT2D eigenvalue weighted by Gasteiger charge is 2.32. The normalized spacial score (nSPS) is 11.3. The van der Waals surface area contributed by atoms with Crippen LogP contribution in [0.1, 0.15) is 17.9 Å². The molecule has 0 aliphatic carbocycles. The molecule has 1 N–H and O–H groups in total. The molecule has 0 aromatic carbocycles. The maximum absolute atomic E-state index is 12.3. The average Bonchev–Trinajstić information content (AvgIpc) is 2.93. The maximum Gasteiger partial charge on any atom is 0.433 e. The van der Waals surface area contributed by atoms with Gasteiger partial charge in [-0.15, -0.1) is 0 Å². The summed E-state index contributed by atoms with van der Waals surface area (Å²) in [5.41, 5.74) is -0.826. The zero-order valence-corrected chi connectivity index (χ0v) is 11.5. The van der Waals surface area contributed by atoms with Gasteiger partial charge in [-0.05, 0) is 17.3 Å². The predicted octanol–water partition coefficient (Wildman–Crippen LogP) is 2.67. The Kier molecular flexibility index (Phi) is 4.64. The highest BCUT2D eigenvalue weighted by molar-refractivity contribution is 5.90. The van der Waals surface area contributed by atoms with Gasteiger partial charge in [0.15, 0.2) is 0 Å². The van der Waals surface area contributed by atoms with E-state index in [4.69, 9.17) is 9.26 Å². The number of hydrogen-bond acceptors (Lipinski definition) is 5. The number of hydrogen-bond donors (Lipinski definition) is 1. The van der Waals surface area contributed by atoms with Crippen molar-refractivity contribution < 1.29 is 27.2 Å². The number of aromatic nitrogens is 2. The molecule has 0 saturated heterocycles. The standard InChI is InChI=1S/C13H12F3N3O3/c1-21-12-6-9(22-19-12)3-5-11(20)18-8-2-4-10(17-7-8)13(14,15)16/h2,4,6-7H,3,5H2,1H3,(H,18,20). The van der Waals surface area contributed by atoms with Gasteiger partial charge in [-0.1, -0.05) is 0 Å². The van der Waals surface area contributed by atoms with E-state index in [0.717, 1.165) is 18.3 Å². The molecule has 0 saturated carbocycles. The molecule has 2 aromatic rings. The lowest BCUT2D eigenvalue weighted by Gasteiger charge is -2.07. The van der Waals surface area contributed by atoms with Crippen LogP contribution in [0.3, 0.4) is 0 Å². The number of ether oxygens (including phenoxy) is 1. The van der Waals surface area contributed by atoms with E-state index in [-0.39, 0.29) is 24.4 Å². The average molecular weight is 315 g/mol. The quantitative estimate of drug-likeness (QED) is 0.918. The van der Waals surface area contributed by atoms with E-state index in [9.17, 15) is 18.0 Å². The highest BCUT2D eigenvalue weighted by atomic mass is 19.4. The van der Waals surface area contributed by atoms with E-state index in [0.29, 0.717) is 11.6 Å². The Hall–Kier alpha value is -2.58. The van der Waals surface area contributed by atoms with Gasteiger partial charge in [0.05, 0.1) is 19.0 Å². The molecule has 1 amide bonds. The fourth-order valence-corrected chi connectivity index (χ4v) is 1.60. The second-order valence-electron chi connectivity index (χ2n) is 4.31. The molecule has 0 unspecified atom stereocenters. The van der Waals surface area contributed by atoms with Gasteiger partial charge in [0.25, 0.3) is 5.88 Å². The Balaban J connectivity index is 1.86. The van der Waals surface area contributed by atoms with Crippen molar-refractivity contribution in [2.75, 3.05) is 12.4 Å². The summed E-state index contributed by atoms with van der Waals surface area (Å²) in [6, 6.07) is 3.50. The number of rotatable bonds is 5. The molecule has 2 aromatic heterocycles. The molecule has 0 atom stereocenters. The third kappa shape index (κ3) is 4.21. The van der Waals surface area contributed by atoms with Gasteiger partial charge in [0, 0.05) is 18.9 Å². The first-order valence-electron chi connectivity index (χ1n) is 6.21. The zero-order chi connectivity index (χ0) is 16.2. The molecule has 2 heterocycles. The van der Waals surface area contributed by atoms with Crippen LogP contribution in [-0.2, 0) is 17.4 Å². The third-order valence-corrected chi connectivity index (χ3v) is 2.68. The summed E-state index contributed by atoms with van der Waals surface area (Å²) in [5, 5.41) is 6.03. The van der Waals surface area contributed by atoms with E-state index >= 15 is 0 Å². The summed E-state index contributed by atoms with van der Waals surface area (Å²) in [7, 11) is 1.44. The van der Waals surface area contributed by atoms with Crippen LogP contribution in [0.4, 0.5) is 18.9 Å². The molecule has 0 aliphatic rings. The van der Waals surface area contributed by atoms with E-state index in [2.05, 4.69) is 15.5 Å². The predicted molar refractivity (Wildman–Crippen MR) is 69.2 cm³/mol. The van der Waals surface area contributed by atoms with Crippen LogP contribution in [0.25, 0.3) is 0 Å². The first-order chi connectivity index (χ1) is 10.4. The van der Waals surface area contributed by atoms with Gasteiger partial charge in [-0.25, -0.2) is 4.98 Å². The lowest BCUT2D eigenvalue weighted by molar-refractivity contribution is -0.141. The Labute approximate surface area is 123 Å². The first-order valence-corrected chi connectivity index (χ1v) is 6.21. The molecule has 9 heteroatoms. The van der Waals surface area contributed by atoms with Crippen molar-refractivity contribution in [2.45, 2.75) is 19.0 Å². The summed E-state index contributed by atoms with van der Waals surface area (Å²) < 4.78 is 46.8. The number of carbonyl (C=O) groups is 1. The van der Waals surface area contributed by atoms with Crippen LogP contribution in [0.2, 0.25) is 0 Å². The van der Waals surface area contributed by atoms with Crippen molar-refractivity contribution in [3.05, 3.63) is 35.9 Å². The van der Waals surface area contributed by atoms with E-state index in [1.807, 2.05) is 0 Å². The first kappa shape index (κ1) is 15.8. The third-order valence-electron chi connectivity index (χ3n) is 2.68. The minimum atomic E-state index is -4.51. The van der Waals surface area contributed by atoms with Crippen molar-refractivity contribution in [1.82, 2.24) is 10.1 Å². The smallest absolute Gasteiger partial charge is 0.433 e. The minimum Gasteiger partial charge on any atom is -0.479 e.